The van der Waals surface area contributed by atoms with Crippen LogP contribution in [-0.4, -0.2) is 0 Å². The molecule has 0 aromatic heterocycles. The molecule has 0 aliphatic heterocycles. The van der Waals surface area contributed by atoms with E-state index in [-0.39, 0.29) is 0 Å². The van der Waals surface area contributed by atoms with Crippen molar-refractivity contribution in [1.82, 2.24) is 0 Å². The molecule has 7 rings (SSSR count). The van der Waals surface area contributed by atoms with E-state index in [0.29, 0.717) is 0 Å². The lowest BCUT2D eigenvalue weighted by Gasteiger charge is -2.67. The zero-order chi connectivity index (χ0) is 12.2. The second-order valence-corrected chi connectivity index (χ2v) is 9.47. The number of hydrogen-bond acceptors (Lipinski definition) is 0. The Hall–Kier alpha value is 0. The predicted octanol–water partition coefficient (Wildman–Crippen LogP) is 5.03. The Labute approximate surface area is 117 Å². The predicted molar refractivity (Wildman–Crippen MR) is 76.6 cm³/mol. The normalized spacial score (nSPS) is 63.2. The maximum atomic E-state index is 1.68. The highest BCUT2D eigenvalue weighted by atomic mass is 14.7. The highest BCUT2D eigenvalue weighted by Gasteiger charge is 2.68. The van der Waals surface area contributed by atoms with Gasteiger partial charge in [0.25, 0.3) is 0 Å². The lowest BCUT2D eigenvalue weighted by molar-refractivity contribution is -0.180. The van der Waals surface area contributed by atoms with Crippen LogP contribution in [-0.2, 0) is 0 Å². The molecule has 0 nitrogen and oxygen atoms in total. The molecule has 7 fully saturated rings. The minimum Gasteiger partial charge on any atom is -0.0522 e. The summed E-state index contributed by atoms with van der Waals surface area (Å²) in [6.07, 6.45) is 18.0. The van der Waals surface area contributed by atoms with Crippen LogP contribution in [0.1, 0.15) is 70.6 Å². The first kappa shape index (κ1) is 10.7. The summed E-state index contributed by atoms with van der Waals surface area (Å²) >= 11 is 0. The Balaban J connectivity index is 1.42. The van der Waals surface area contributed by atoms with Gasteiger partial charge in [-0.1, -0.05) is 6.42 Å². The Morgan fingerprint density at radius 1 is 0.632 bits per heavy atom. The molecule has 4 bridgehead atoms. The standard InChI is InChI=1S/C19H28/c1-5-18(6-1)15-9-14-4-7-19(14)11-13-3-2-12(8-16(13)19)17(18)10-15/h12-17H,1-11H2. The third kappa shape index (κ3) is 0.997. The van der Waals surface area contributed by atoms with E-state index in [2.05, 4.69) is 0 Å². The molecule has 7 atom stereocenters. The van der Waals surface area contributed by atoms with Gasteiger partial charge >= 0.3 is 0 Å². The van der Waals surface area contributed by atoms with E-state index in [1.54, 1.807) is 70.6 Å². The monoisotopic (exact) mass is 256 g/mol. The summed E-state index contributed by atoms with van der Waals surface area (Å²) in [6.45, 7) is 0. The summed E-state index contributed by atoms with van der Waals surface area (Å²) in [5.74, 6) is 7.14. The van der Waals surface area contributed by atoms with E-state index in [9.17, 15) is 0 Å². The Kier molecular flexibility index (Phi) is 1.74. The SMILES string of the molecule is C1CC2(C1)C1CC3CCC34CC3CCC(CC34)C2C1. The van der Waals surface area contributed by atoms with Crippen LogP contribution in [0.5, 0.6) is 0 Å². The van der Waals surface area contributed by atoms with Gasteiger partial charge in [-0.15, -0.1) is 0 Å². The summed E-state index contributed by atoms with van der Waals surface area (Å²) in [6, 6.07) is 0. The van der Waals surface area contributed by atoms with E-state index in [4.69, 9.17) is 0 Å². The van der Waals surface area contributed by atoms with Gasteiger partial charge < -0.3 is 0 Å². The second-order valence-electron chi connectivity index (χ2n) is 9.47. The molecule has 7 saturated carbocycles. The molecule has 0 aromatic rings. The fraction of sp³-hybridized carbons (Fsp3) is 1.00. The van der Waals surface area contributed by atoms with Crippen LogP contribution in [0.3, 0.4) is 0 Å². The van der Waals surface area contributed by atoms with Crippen molar-refractivity contribution >= 4 is 0 Å². The molecule has 0 heteroatoms. The van der Waals surface area contributed by atoms with Crippen molar-refractivity contribution in [3.8, 4) is 0 Å². The average Bonchev–Trinajstić information content (AvgIpc) is 2.29. The second kappa shape index (κ2) is 3.09. The fourth-order valence-electron chi connectivity index (χ4n) is 8.51. The third-order valence-corrected chi connectivity index (χ3v) is 9.70. The van der Waals surface area contributed by atoms with E-state index >= 15 is 0 Å². The first-order valence-electron chi connectivity index (χ1n) is 9.32. The van der Waals surface area contributed by atoms with Crippen LogP contribution in [0.2, 0.25) is 0 Å². The summed E-state index contributed by atoms with van der Waals surface area (Å²) in [7, 11) is 0. The molecule has 0 amide bonds. The fourth-order valence-corrected chi connectivity index (χ4v) is 8.51. The van der Waals surface area contributed by atoms with Crippen molar-refractivity contribution in [2.24, 2.45) is 46.3 Å². The first-order valence-corrected chi connectivity index (χ1v) is 9.32. The maximum Gasteiger partial charge on any atom is -0.0235 e. The molecule has 0 radical (unpaired) electrons. The molecule has 0 saturated heterocycles. The van der Waals surface area contributed by atoms with E-state index in [0.717, 1.165) is 10.8 Å². The van der Waals surface area contributed by atoms with Gasteiger partial charge in [0.05, 0.1) is 0 Å². The van der Waals surface area contributed by atoms with Crippen LogP contribution < -0.4 is 0 Å². The highest BCUT2D eigenvalue weighted by Crippen LogP contribution is 2.77. The van der Waals surface area contributed by atoms with Gasteiger partial charge in [0.2, 0.25) is 0 Å². The summed E-state index contributed by atoms with van der Waals surface area (Å²) in [4.78, 5) is 0. The summed E-state index contributed by atoms with van der Waals surface area (Å²) < 4.78 is 0. The molecule has 7 aliphatic rings. The third-order valence-electron chi connectivity index (χ3n) is 9.70. The minimum atomic E-state index is 0.915. The molecule has 19 heavy (non-hydrogen) atoms. The van der Waals surface area contributed by atoms with Crippen molar-refractivity contribution in [3.05, 3.63) is 0 Å². The number of rotatable bonds is 0. The van der Waals surface area contributed by atoms with Gasteiger partial charge in [-0.3, -0.25) is 0 Å². The Morgan fingerprint density at radius 3 is 2.21 bits per heavy atom. The lowest BCUT2D eigenvalue weighted by atomic mass is 9.37. The zero-order valence-electron chi connectivity index (χ0n) is 12.2. The van der Waals surface area contributed by atoms with Crippen LogP contribution in [0.25, 0.3) is 0 Å². The molecule has 7 unspecified atom stereocenters. The molecule has 104 valence electrons. The molecule has 0 aromatic carbocycles. The molecule has 7 aliphatic carbocycles. The summed E-state index contributed by atoms with van der Waals surface area (Å²) in [5, 5.41) is 0. The lowest BCUT2D eigenvalue weighted by Crippen LogP contribution is -2.59. The van der Waals surface area contributed by atoms with Crippen LogP contribution >= 0.6 is 0 Å². The van der Waals surface area contributed by atoms with E-state index in [1.807, 2.05) is 0 Å². The largest absolute Gasteiger partial charge is 0.0522 e. The molecule has 0 N–H and O–H groups in total. The van der Waals surface area contributed by atoms with Gasteiger partial charge in [0.1, 0.15) is 0 Å². The smallest absolute Gasteiger partial charge is 0.0235 e. The van der Waals surface area contributed by atoms with Gasteiger partial charge in [-0.05, 0) is 111 Å². The first-order chi connectivity index (χ1) is 9.32. The molecular formula is C19H28. The van der Waals surface area contributed by atoms with Gasteiger partial charge in [-0.2, -0.15) is 0 Å². The topological polar surface area (TPSA) is 0 Å². The van der Waals surface area contributed by atoms with Gasteiger partial charge in [-0.25, -0.2) is 0 Å². The van der Waals surface area contributed by atoms with Crippen molar-refractivity contribution < 1.29 is 0 Å². The zero-order valence-corrected chi connectivity index (χ0v) is 12.2. The van der Waals surface area contributed by atoms with Crippen molar-refractivity contribution in [2.45, 2.75) is 70.6 Å². The molecule has 0 heterocycles. The number of hydrogen-bond donors (Lipinski definition) is 0. The van der Waals surface area contributed by atoms with Crippen LogP contribution in [0, 0.1) is 46.3 Å². The Morgan fingerprint density at radius 2 is 1.47 bits per heavy atom. The molecular weight excluding hydrogens is 228 g/mol. The average molecular weight is 256 g/mol. The van der Waals surface area contributed by atoms with Crippen LogP contribution in [0.4, 0.5) is 0 Å². The quantitative estimate of drug-likeness (QED) is 0.570. The highest BCUT2D eigenvalue weighted by molar-refractivity contribution is 5.18. The van der Waals surface area contributed by atoms with Gasteiger partial charge in [0, 0.05) is 0 Å². The molecule has 2 spiro atoms. The minimum absolute atomic E-state index is 0.915. The van der Waals surface area contributed by atoms with E-state index < -0.39 is 0 Å². The summed E-state index contributed by atoms with van der Waals surface area (Å²) in [5.41, 5.74) is 1.84. The van der Waals surface area contributed by atoms with Gasteiger partial charge in [0.15, 0.2) is 0 Å². The van der Waals surface area contributed by atoms with Crippen molar-refractivity contribution in [1.29, 1.82) is 0 Å². The van der Waals surface area contributed by atoms with Crippen molar-refractivity contribution in [2.75, 3.05) is 0 Å². The van der Waals surface area contributed by atoms with E-state index in [1.165, 1.54) is 35.5 Å². The van der Waals surface area contributed by atoms with Crippen LogP contribution in [0.15, 0.2) is 0 Å². The Bertz CT molecular complexity index is 433. The maximum absolute atomic E-state index is 1.68. The van der Waals surface area contributed by atoms with Crippen molar-refractivity contribution in [3.63, 3.8) is 0 Å².